The molecule has 2 heterocycles. The Bertz CT molecular complexity index is 749. The molecule has 2 aromatic heterocycles. The summed E-state index contributed by atoms with van der Waals surface area (Å²) in [6.45, 7) is 0. The van der Waals surface area contributed by atoms with Crippen molar-refractivity contribution in [3.63, 3.8) is 0 Å². The monoisotopic (exact) mass is 323 g/mol. The van der Waals surface area contributed by atoms with Gasteiger partial charge in [0.2, 0.25) is 0 Å². The van der Waals surface area contributed by atoms with E-state index in [2.05, 4.69) is 10.1 Å². The molecule has 102 valence electrons. The van der Waals surface area contributed by atoms with Crippen LogP contribution < -0.4 is 0 Å². The lowest BCUT2D eigenvalue weighted by atomic mass is 10.2. The Morgan fingerprint density at radius 1 is 1.40 bits per heavy atom. The molecule has 0 unspecified atom stereocenters. The number of benzene rings is 1. The van der Waals surface area contributed by atoms with Crippen molar-refractivity contribution in [2.75, 3.05) is 0 Å². The first kappa shape index (κ1) is 13.5. The maximum atomic E-state index is 8.78. The average molecular weight is 324 g/mol. The van der Waals surface area contributed by atoms with Crippen LogP contribution in [0.25, 0.3) is 4.96 Å². The van der Waals surface area contributed by atoms with Gasteiger partial charge >= 0.3 is 0 Å². The summed E-state index contributed by atoms with van der Waals surface area (Å²) in [4.78, 5) is 5.43. The first-order valence-corrected chi connectivity index (χ1v) is 8.02. The summed E-state index contributed by atoms with van der Waals surface area (Å²) in [5.41, 5.74) is 1.96. The predicted octanol–water partition coefficient (Wildman–Crippen LogP) is 4.15. The molecule has 0 aliphatic carbocycles. The van der Waals surface area contributed by atoms with Crippen molar-refractivity contribution in [1.82, 2.24) is 9.38 Å². The van der Waals surface area contributed by atoms with Crippen molar-refractivity contribution in [3.05, 3.63) is 52.1 Å². The van der Waals surface area contributed by atoms with E-state index in [-0.39, 0.29) is 0 Å². The highest BCUT2D eigenvalue weighted by Crippen LogP contribution is 2.28. The predicted molar refractivity (Wildman–Crippen MR) is 83.5 cm³/mol. The number of halogens is 1. The molecule has 7 heteroatoms. The maximum absolute atomic E-state index is 8.78. The van der Waals surface area contributed by atoms with Gasteiger partial charge in [0.25, 0.3) is 0 Å². The lowest BCUT2D eigenvalue weighted by molar-refractivity contribution is 0.321. The quantitative estimate of drug-likeness (QED) is 0.339. The number of thiazole rings is 1. The molecule has 1 aromatic carbocycles. The van der Waals surface area contributed by atoms with E-state index in [1.165, 1.54) is 11.8 Å². The molecule has 0 amide bonds. The lowest BCUT2D eigenvalue weighted by Gasteiger charge is -2.00. The molecule has 20 heavy (non-hydrogen) atoms. The van der Waals surface area contributed by atoms with Crippen LogP contribution in [0.2, 0.25) is 5.02 Å². The third-order valence-corrected chi connectivity index (χ3v) is 4.79. The largest absolute Gasteiger partial charge is 0.411 e. The second-order valence-corrected chi connectivity index (χ2v) is 6.29. The van der Waals surface area contributed by atoms with Crippen LogP contribution >= 0.6 is 34.7 Å². The Kier molecular flexibility index (Phi) is 3.95. The van der Waals surface area contributed by atoms with Crippen LogP contribution in [0.1, 0.15) is 11.3 Å². The summed E-state index contributed by atoms with van der Waals surface area (Å²) in [7, 11) is 0. The van der Waals surface area contributed by atoms with Crippen LogP contribution in [-0.2, 0) is 5.75 Å². The third kappa shape index (κ3) is 2.67. The number of aromatic nitrogens is 2. The Morgan fingerprint density at radius 3 is 2.95 bits per heavy atom. The van der Waals surface area contributed by atoms with Gasteiger partial charge in [0.15, 0.2) is 4.96 Å². The summed E-state index contributed by atoms with van der Waals surface area (Å²) in [6.07, 6.45) is 3.33. The van der Waals surface area contributed by atoms with Crippen molar-refractivity contribution in [2.24, 2.45) is 5.16 Å². The van der Waals surface area contributed by atoms with E-state index < -0.39 is 0 Å². The number of nitrogens with zero attached hydrogens (tertiary/aromatic N) is 3. The Hall–Kier alpha value is -1.50. The van der Waals surface area contributed by atoms with Gasteiger partial charge in [-0.15, -0.1) is 11.3 Å². The molecule has 3 rings (SSSR count). The Balaban J connectivity index is 1.84. The number of thioether (sulfide) groups is 1. The second kappa shape index (κ2) is 5.87. The fraction of sp³-hybridized carbons (Fsp3) is 0.0769. The zero-order valence-corrected chi connectivity index (χ0v) is 12.6. The number of rotatable bonds is 4. The molecule has 3 aromatic rings. The van der Waals surface area contributed by atoms with Gasteiger partial charge in [-0.05, 0) is 17.7 Å². The number of hydrogen-bond donors (Lipinski definition) is 1. The molecule has 0 aliphatic heterocycles. The summed E-state index contributed by atoms with van der Waals surface area (Å²) in [5.74, 6) is 0.786. The summed E-state index contributed by atoms with van der Waals surface area (Å²) in [5, 5.41) is 15.4. The summed E-state index contributed by atoms with van der Waals surface area (Å²) in [6, 6.07) is 7.74. The highest BCUT2D eigenvalue weighted by molar-refractivity contribution is 7.98. The SMILES string of the molecule is ON=Cc1c(SCc2ccc(Cl)cc2)nc2sccn12. The maximum Gasteiger partial charge on any atom is 0.195 e. The smallest absolute Gasteiger partial charge is 0.195 e. The van der Waals surface area contributed by atoms with Crippen molar-refractivity contribution in [1.29, 1.82) is 0 Å². The van der Waals surface area contributed by atoms with Crippen LogP contribution in [0.4, 0.5) is 0 Å². The summed E-state index contributed by atoms with van der Waals surface area (Å²) < 4.78 is 1.91. The average Bonchev–Trinajstić information content (AvgIpc) is 3.01. The lowest BCUT2D eigenvalue weighted by Crippen LogP contribution is -1.90. The normalized spacial score (nSPS) is 11.7. The van der Waals surface area contributed by atoms with E-state index in [4.69, 9.17) is 16.8 Å². The number of fused-ring (bicyclic) bond motifs is 1. The van der Waals surface area contributed by atoms with Crippen LogP contribution in [0.5, 0.6) is 0 Å². The van der Waals surface area contributed by atoms with Crippen LogP contribution in [0, 0.1) is 0 Å². The molecule has 0 aliphatic rings. The van der Waals surface area contributed by atoms with Gasteiger partial charge in [-0.2, -0.15) is 0 Å². The minimum absolute atomic E-state index is 0.731. The third-order valence-electron chi connectivity index (χ3n) is 2.73. The van der Waals surface area contributed by atoms with E-state index in [1.807, 2.05) is 40.2 Å². The second-order valence-electron chi connectivity index (χ2n) is 4.02. The van der Waals surface area contributed by atoms with Gasteiger partial charge in [-0.3, -0.25) is 4.40 Å². The number of oxime groups is 1. The number of imidazole rings is 1. The van der Waals surface area contributed by atoms with Crippen molar-refractivity contribution < 1.29 is 5.21 Å². The Morgan fingerprint density at radius 2 is 2.20 bits per heavy atom. The molecule has 0 saturated carbocycles. The molecule has 0 atom stereocenters. The van der Waals surface area contributed by atoms with Gasteiger partial charge in [0, 0.05) is 22.4 Å². The molecule has 4 nitrogen and oxygen atoms in total. The zero-order chi connectivity index (χ0) is 13.9. The fourth-order valence-electron chi connectivity index (χ4n) is 1.79. The van der Waals surface area contributed by atoms with Gasteiger partial charge < -0.3 is 5.21 Å². The minimum Gasteiger partial charge on any atom is -0.411 e. The first-order valence-electron chi connectivity index (χ1n) is 5.78. The van der Waals surface area contributed by atoms with Gasteiger partial charge in [0.05, 0.1) is 6.21 Å². The highest BCUT2D eigenvalue weighted by atomic mass is 35.5. The molecule has 0 spiro atoms. The molecular formula is C13H10ClN3OS2. The van der Waals surface area contributed by atoms with Crippen molar-refractivity contribution >= 4 is 45.9 Å². The van der Waals surface area contributed by atoms with Crippen molar-refractivity contribution in [2.45, 2.75) is 10.8 Å². The highest BCUT2D eigenvalue weighted by Gasteiger charge is 2.12. The number of hydrogen-bond acceptors (Lipinski definition) is 5. The minimum atomic E-state index is 0.731. The van der Waals surface area contributed by atoms with E-state index in [0.717, 1.165) is 26.5 Å². The van der Waals surface area contributed by atoms with E-state index in [9.17, 15) is 0 Å². The van der Waals surface area contributed by atoms with Crippen LogP contribution in [-0.4, -0.2) is 20.8 Å². The van der Waals surface area contributed by atoms with Gasteiger partial charge in [-0.1, -0.05) is 40.7 Å². The van der Waals surface area contributed by atoms with Gasteiger partial charge in [0.1, 0.15) is 10.7 Å². The Labute approximate surface area is 128 Å². The standard InChI is InChI=1S/C13H10ClN3OS2/c14-10-3-1-9(2-4-10)8-20-12-11(7-15-18)17-5-6-19-13(17)16-12/h1-7,18H,8H2. The molecular weight excluding hydrogens is 314 g/mol. The first-order chi connectivity index (χ1) is 9.78. The van der Waals surface area contributed by atoms with Crippen LogP contribution in [0.3, 0.4) is 0 Å². The van der Waals surface area contributed by atoms with Crippen LogP contribution in [0.15, 0.2) is 46.0 Å². The van der Waals surface area contributed by atoms with E-state index in [0.29, 0.717) is 0 Å². The van der Waals surface area contributed by atoms with E-state index >= 15 is 0 Å². The van der Waals surface area contributed by atoms with E-state index in [1.54, 1.807) is 23.1 Å². The molecule has 0 saturated heterocycles. The molecule has 0 radical (unpaired) electrons. The van der Waals surface area contributed by atoms with Crippen molar-refractivity contribution in [3.8, 4) is 0 Å². The molecule has 0 bridgehead atoms. The molecule has 1 N–H and O–H groups in total. The molecule has 0 fully saturated rings. The zero-order valence-electron chi connectivity index (χ0n) is 10.2. The fourth-order valence-corrected chi connectivity index (χ4v) is 3.64. The topological polar surface area (TPSA) is 49.9 Å². The summed E-state index contributed by atoms with van der Waals surface area (Å²) >= 11 is 9.02. The van der Waals surface area contributed by atoms with Gasteiger partial charge in [-0.25, -0.2) is 4.98 Å².